The van der Waals surface area contributed by atoms with Crippen LogP contribution in [0.3, 0.4) is 0 Å². The van der Waals surface area contributed by atoms with Crippen molar-refractivity contribution in [1.82, 2.24) is 9.88 Å². The van der Waals surface area contributed by atoms with Gasteiger partial charge in [-0.25, -0.2) is 4.99 Å². The summed E-state index contributed by atoms with van der Waals surface area (Å²) in [6, 6.07) is 10.8. The van der Waals surface area contributed by atoms with Crippen molar-refractivity contribution in [3.05, 3.63) is 59.7 Å². The van der Waals surface area contributed by atoms with Crippen LogP contribution in [0.1, 0.15) is 5.56 Å². The Morgan fingerprint density at radius 3 is 2.95 bits per heavy atom. The molecule has 3 nitrogen and oxygen atoms in total. The molecule has 0 saturated heterocycles. The number of aliphatic imine (C=N–C) groups is 1. The summed E-state index contributed by atoms with van der Waals surface area (Å²) in [6.45, 7) is 0.863. The minimum atomic E-state index is 0.863. The average Bonchev–Trinajstić information content (AvgIpc) is 2.52. The molecule has 94 valence electrons. The van der Waals surface area contributed by atoms with Crippen LogP contribution in [0.5, 0.6) is 0 Å². The molecule has 2 aliphatic heterocycles. The number of aromatic nitrogens is 1. The third kappa shape index (κ3) is 1.15. The predicted octanol–water partition coefficient (Wildman–Crippen LogP) is 2.59. The maximum atomic E-state index is 4.68. The molecule has 0 amide bonds. The van der Waals surface area contributed by atoms with E-state index in [4.69, 9.17) is 0 Å². The molecule has 1 aromatic heterocycles. The van der Waals surface area contributed by atoms with Crippen molar-refractivity contribution in [1.29, 1.82) is 0 Å². The first-order valence-electron chi connectivity index (χ1n) is 6.73. The molecule has 0 spiro atoms. The Morgan fingerprint density at radius 2 is 1.95 bits per heavy atom. The fourth-order valence-electron chi connectivity index (χ4n) is 3.24. The van der Waals surface area contributed by atoms with Gasteiger partial charge in [0.1, 0.15) is 5.35 Å². The number of hydrogen-bond donors (Lipinski definition) is 0. The van der Waals surface area contributed by atoms with Gasteiger partial charge in [-0.15, -0.1) is 0 Å². The number of fused-ring (bicyclic) bond motifs is 1. The Bertz CT molecular complexity index is 967. The number of pyridine rings is 1. The van der Waals surface area contributed by atoms with Crippen molar-refractivity contribution in [3.8, 4) is 0 Å². The van der Waals surface area contributed by atoms with Gasteiger partial charge in [-0.05, 0) is 17.0 Å². The van der Waals surface area contributed by atoms with Gasteiger partial charge < -0.3 is 4.90 Å². The highest BCUT2D eigenvalue weighted by Gasteiger charge is 2.21. The van der Waals surface area contributed by atoms with Crippen molar-refractivity contribution in [2.75, 3.05) is 0 Å². The number of rotatable bonds is 0. The molecular weight excluding hydrogens is 246 g/mol. The van der Waals surface area contributed by atoms with E-state index < -0.39 is 0 Å². The molecule has 0 radical (unpaired) electrons. The zero-order chi connectivity index (χ0) is 13.1. The minimum absolute atomic E-state index is 0.863. The Labute approximate surface area is 115 Å². The molecule has 0 bridgehead atoms. The topological polar surface area (TPSA) is 28.5 Å². The summed E-state index contributed by atoms with van der Waals surface area (Å²) >= 11 is 0. The first-order chi connectivity index (χ1) is 9.92. The van der Waals surface area contributed by atoms with Crippen LogP contribution in [-0.4, -0.2) is 16.1 Å². The van der Waals surface area contributed by atoms with E-state index in [-0.39, 0.29) is 0 Å². The van der Waals surface area contributed by atoms with E-state index in [1.807, 2.05) is 18.5 Å². The first kappa shape index (κ1) is 10.1. The quantitative estimate of drug-likeness (QED) is 0.619. The van der Waals surface area contributed by atoms with Gasteiger partial charge in [-0.1, -0.05) is 30.3 Å². The smallest absolute Gasteiger partial charge is 0.159 e. The summed E-state index contributed by atoms with van der Waals surface area (Å²) in [4.78, 5) is 11.4. The summed E-state index contributed by atoms with van der Waals surface area (Å²) in [5, 5.41) is 6.05. The van der Waals surface area contributed by atoms with E-state index in [1.54, 1.807) is 0 Å². The average molecular weight is 257 g/mol. The van der Waals surface area contributed by atoms with Crippen LogP contribution in [0.15, 0.2) is 53.8 Å². The predicted molar refractivity (Wildman–Crippen MR) is 81.1 cm³/mol. The van der Waals surface area contributed by atoms with Gasteiger partial charge in [0.2, 0.25) is 0 Å². The Kier molecular flexibility index (Phi) is 1.75. The first-order valence-corrected chi connectivity index (χ1v) is 6.73. The van der Waals surface area contributed by atoms with Crippen LogP contribution < -0.4 is 5.35 Å². The molecule has 0 atom stereocenters. The Hall–Kier alpha value is -2.68. The zero-order valence-electron chi connectivity index (χ0n) is 10.7. The number of nitrogens with zero attached hydrogens (tertiary/aromatic N) is 3. The maximum Gasteiger partial charge on any atom is 0.159 e. The fraction of sp³-hybridized carbons (Fsp3) is 0.0588. The molecule has 0 aliphatic carbocycles. The Morgan fingerprint density at radius 1 is 1.00 bits per heavy atom. The highest BCUT2D eigenvalue weighted by Crippen LogP contribution is 2.31. The van der Waals surface area contributed by atoms with Crippen molar-refractivity contribution in [2.24, 2.45) is 4.99 Å². The highest BCUT2D eigenvalue weighted by atomic mass is 15.2. The molecule has 0 saturated carbocycles. The van der Waals surface area contributed by atoms with Crippen molar-refractivity contribution < 1.29 is 0 Å². The van der Waals surface area contributed by atoms with Crippen molar-refractivity contribution in [3.63, 3.8) is 0 Å². The van der Waals surface area contributed by atoms with E-state index in [2.05, 4.69) is 51.4 Å². The molecule has 0 unspecified atom stereocenters. The summed E-state index contributed by atoms with van der Waals surface area (Å²) in [6.07, 6.45) is 7.82. The molecule has 5 rings (SSSR count). The highest BCUT2D eigenvalue weighted by molar-refractivity contribution is 6.11. The lowest BCUT2D eigenvalue weighted by atomic mass is 9.96. The molecule has 0 fully saturated rings. The van der Waals surface area contributed by atoms with Crippen LogP contribution in [0.25, 0.3) is 27.4 Å². The molecule has 3 heteroatoms. The molecular formula is C17H11N3. The van der Waals surface area contributed by atoms with Crippen LogP contribution in [0.2, 0.25) is 0 Å². The summed E-state index contributed by atoms with van der Waals surface area (Å²) < 4.78 is 0. The molecule has 3 aromatic rings. The SMILES string of the molecule is C1=CN2Cc3ccc4cccc5cnc(c3c45)=C2N=C1. The van der Waals surface area contributed by atoms with Gasteiger partial charge >= 0.3 is 0 Å². The van der Waals surface area contributed by atoms with Gasteiger partial charge in [-0.2, -0.15) is 0 Å². The second-order valence-corrected chi connectivity index (χ2v) is 5.22. The molecule has 20 heavy (non-hydrogen) atoms. The number of hydrogen-bond acceptors (Lipinski definition) is 3. The second-order valence-electron chi connectivity index (χ2n) is 5.22. The summed E-state index contributed by atoms with van der Waals surface area (Å²) in [5.41, 5.74) is 1.32. The summed E-state index contributed by atoms with van der Waals surface area (Å²) in [7, 11) is 0. The fourth-order valence-corrected chi connectivity index (χ4v) is 3.24. The lowest BCUT2D eigenvalue weighted by Crippen LogP contribution is -2.30. The normalized spacial score (nSPS) is 16.2. The van der Waals surface area contributed by atoms with Crippen LogP contribution >= 0.6 is 0 Å². The van der Waals surface area contributed by atoms with E-state index in [0.29, 0.717) is 0 Å². The van der Waals surface area contributed by atoms with Crippen molar-refractivity contribution >= 4 is 33.6 Å². The van der Waals surface area contributed by atoms with Gasteiger partial charge in [0.25, 0.3) is 0 Å². The lowest BCUT2D eigenvalue weighted by Gasteiger charge is -2.27. The van der Waals surface area contributed by atoms with E-state index in [9.17, 15) is 0 Å². The van der Waals surface area contributed by atoms with Gasteiger partial charge in [-0.3, -0.25) is 4.98 Å². The molecule has 3 heterocycles. The minimum Gasteiger partial charge on any atom is -0.327 e. The Balaban J connectivity index is 2.11. The van der Waals surface area contributed by atoms with E-state index in [1.165, 1.54) is 27.1 Å². The third-order valence-corrected chi connectivity index (χ3v) is 4.11. The van der Waals surface area contributed by atoms with Crippen molar-refractivity contribution in [2.45, 2.75) is 6.54 Å². The standard InChI is InChI=1S/C17H11N3/c1-3-11-5-6-13-10-20-8-2-7-18-17(20)16-15(13)14(11)12(4-1)9-19-16/h1-9H,10H2. The molecule has 0 N–H and O–H groups in total. The third-order valence-electron chi connectivity index (χ3n) is 4.11. The van der Waals surface area contributed by atoms with E-state index in [0.717, 1.165) is 17.7 Å². The lowest BCUT2D eigenvalue weighted by molar-refractivity contribution is 0.506. The second kappa shape index (κ2) is 3.45. The zero-order valence-corrected chi connectivity index (χ0v) is 10.7. The monoisotopic (exact) mass is 257 g/mol. The largest absolute Gasteiger partial charge is 0.327 e. The van der Waals surface area contributed by atoms with Gasteiger partial charge in [0.15, 0.2) is 5.82 Å². The number of benzene rings is 2. The summed E-state index contributed by atoms with van der Waals surface area (Å²) in [5.74, 6) is 0.957. The number of allylic oxidation sites excluding steroid dienone is 1. The molecule has 2 aromatic carbocycles. The van der Waals surface area contributed by atoms with E-state index >= 15 is 0 Å². The maximum absolute atomic E-state index is 4.68. The van der Waals surface area contributed by atoms with Gasteiger partial charge in [0.05, 0.1) is 0 Å². The molecule has 2 aliphatic rings. The van der Waals surface area contributed by atoms with Crippen LogP contribution in [0.4, 0.5) is 0 Å². The van der Waals surface area contributed by atoms with Gasteiger partial charge in [0, 0.05) is 41.3 Å². The van der Waals surface area contributed by atoms with Crippen LogP contribution in [0, 0.1) is 0 Å². The van der Waals surface area contributed by atoms with Crippen LogP contribution in [-0.2, 0) is 6.54 Å².